The molecule has 0 fully saturated rings. The van der Waals surface area contributed by atoms with Crippen molar-refractivity contribution in [3.8, 4) is 34.0 Å². The number of nitrogens with zero attached hydrogens (tertiary/aromatic N) is 5. The highest BCUT2D eigenvalue weighted by Gasteiger charge is 2.22. The van der Waals surface area contributed by atoms with Gasteiger partial charge in [0.1, 0.15) is 29.3 Å². The quantitative estimate of drug-likeness (QED) is 0.339. The van der Waals surface area contributed by atoms with E-state index in [2.05, 4.69) is 20.1 Å². The summed E-state index contributed by atoms with van der Waals surface area (Å²) in [6.45, 7) is 7.62. The van der Waals surface area contributed by atoms with Crippen molar-refractivity contribution in [3.05, 3.63) is 72.8 Å². The standard InChI is InChI=1S/C24H19F2N5O2.C2H6/c1-24(2,32)12-31-11-18(21(30-31)14-3-5-15(25)6-4-14)22-17-9-20(33-23(17)29-13-28-22)19-8-7-16(26)10-27-19;1-2/h3-11,13,32H,12H2,1-2H3;1-2H3. The number of fused-ring (bicyclic) bond motifs is 1. The van der Waals surface area contributed by atoms with E-state index in [9.17, 15) is 13.9 Å². The Morgan fingerprint density at radius 3 is 2.31 bits per heavy atom. The number of furan rings is 1. The Hall–Kier alpha value is -3.98. The van der Waals surface area contributed by atoms with Gasteiger partial charge in [-0.3, -0.25) is 4.68 Å². The third-order valence-electron chi connectivity index (χ3n) is 4.99. The lowest BCUT2D eigenvalue weighted by molar-refractivity contribution is 0.0578. The van der Waals surface area contributed by atoms with Gasteiger partial charge in [0.25, 0.3) is 0 Å². The maximum absolute atomic E-state index is 13.5. The van der Waals surface area contributed by atoms with Gasteiger partial charge in [0.05, 0.1) is 29.4 Å². The fourth-order valence-corrected chi connectivity index (χ4v) is 3.61. The molecule has 0 unspecified atom stereocenters. The largest absolute Gasteiger partial charge is 0.436 e. The van der Waals surface area contributed by atoms with Crippen LogP contribution < -0.4 is 0 Å². The number of benzene rings is 1. The smallest absolute Gasteiger partial charge is 0.230 e. The molecule has 1 N–H and O–H groups in total. The van der Waals surface area contributed by atoms with Gasteiger partial charge in [-0.2, -0.15) is 5.10 Å². The highest BCUT2D eigenvalue weighted by atomic mass is 19.1. The SMILES string of the molecule is CC.CC(C)(O)Cn1cc(-c2ncnc3oc(-c4ccc(F)cn4)cc23)c(-c2ccc(F)cc2)n1. The van der Waals surface area contributed by atoms with E-state index in [1.54, 1.807) is 42.9 Å². The summed E-state index contributed by atoms with van der Waals surface area (Å²) in [6.07, 6.45) is 4.27. The van der Waals surface area contributed by atoms with Crippen LogP contribution in [0.3, 0.4) is 0 Å². The second-order valence-electron chi connectivity index (χ2n) is 8.32. The van der Waals surface area contributed by atoms with Crippen molar-refractivity contribution in [2.75, 3.05) is 0 Å². The van der Waals surface area contributed by atoms with Gasteiger partial charge in [-0.25, -0.2) is 23.7 Å². The van der Waals surface area contributed by atoms with E-state index in [0.29, 0.717) is 45.1 Å². The minimum absolute atomic E-state index is 0.242. The highest BCUT2D eigenvalue weighted by molar-refractivity contribution is 5.95. The molecule has 0 aliphatic carbocycles. The Bertz CT molecular complexity index is 1440. The molecule has 0 aliphatic heterocycles. The van der Waals surface area contributed by atoms with E-state index in [4.69, 9.17) is 4.42 Å². The average Bonchev–Trinajstić information content (AvgIpc) is 3.44. The molecule has 4 heterocycles. The van der Waals surface area contributed by atoms with Crippen LogP contribution >= 0.6 is 0 Å². The Labute approximate surface area is 201 Å². The predicted octanol–water partition coefficient (Wildman–Crippen LogP) is 5.89. The van der Waals surface area contributed by atoms with E-state index >= 15 is 0 Å². The van der Waals surface area contributed by atoms with Gasteiger partial charge >= 0.3 is 0 Å². The Balaban J connectivity index is 0.00000141. The van der Waals surface area contributed by atoms with E-state index < -0.39 is 11.4 Å². The zero-order chi connectivity index (χ0) is 25.2. The van der Waals surface area contributed by atoms with Gasteiger partial charge in [0, 0.05) is 17.3 Å². The summed E-state index contributed by atoms with van der Waals surface area (Å²) in [5.41, 5.74) is 2.27. The summed E-state index contributed by atoms with van der Waals surface area (Å²) in [5.74, 6) is -0.385. The lowest BCUT2D eigenvalue weighted by atomic mass is 10.0. The highest BCUT2D eigenvalue weighted by Crippen LogP contribution is 2.36. The van der Waals surface area contributed by atoms with E-state index in [1.807, 2.05) is 13.8 Å². The lowest BCUT2D eigenvalue weighted by Crippen LogP contribution is -2.26. The zero-order valence-electron chi connectivity index (χ0n) is 19.8. The molecule has 0 spiro atoms. The molecule has 0 saturated carbocycles. The molecule has 0 bridgehead atoms. The predicted molar refractivity (Wildman–Crippen MR) is 129 cm³/mol. The summed E-state index contributed by atoms with van der Waals surface area (Å²) in [7, 11) is 0. The van der Waals surface area contributed by atoms with Crippen molar-refractivity contribution in [2.24, 2.45) is 0 Å². The molecular formula is C26H25F2N5O2. The zero-order valence-corrected chi connectivity index (χ0v) is 19.8. The molecule has 0 amide bonds. The fraction of sp³-hybridized carbons (Fsp3) is 0.231. The van der Waals surface area contributed by atoms with Crippen LogP contribution in [0.25, 0.3) is 45.1 Å². The first-order valence-corrected chi connectivity index (χ1v) is 11.2. The van der Waals surface area contributed by atoms with Crippen molar-refractivity contribution in [1.82, 2.24) is 24.7 Å². The number of aromatic nitrogens is 5. The molecular weight excluding hydrogens is 452 g/mol. The molecule has 0 saturated heterocycles. The summed E-state index contributed by atoms with van der Waals surface area (Å²) in [5, 5.41) is 15.5. The first-order chi connectivity index (χ1) is 16.8. The number of rotatable bonds is 5. The molecule has 9 heteroatoms. The first kappa shape index (κ1) is 24.2. The molecule has 1 aromatic carbocycles. The van der Waals surface area contributed by atoms with Gasteiger partial charge in [-0.15, -0.1) is 0 Å². The normalized spacial score (nSPS) is 11.4. The lowest BCUT2D eigenvalue weighted by Gasteiger charge is -2.16. The average molecular weight is 478 g/mol. The van der Waals surface area contributed by atoms with Gasteiger partial charge in [-0.1, -0.05) is 13.8 Å². The molecule has 5 rings (SSSR count). The van der Waals surface area contributed by atoms with Crippen LogP contribution in [-0.2, 0) is 6.54 Å². The molecule has 5 aromatic rings. The number of pyridine rings is 1. The van der Waals surface area contributed by atoms with Gasteiger partial charge < -0.3 is 9.52 Å². The van der Waals surface area contributed by atoms with E-state index in [-0.39, 0.29) is 12.4 Å². The molecule has 7 nitrogen and oxygen atoms in total. The van der Waals surface area contributed by atoms with Crippen molar-refractivity contribution < 1.29 is 18.3 Å². The summed E-state index contributed by atoms with van der Waals surface area (Å²) >= 11 is 0. The Morgan fingerprint density at radius 1 is 0.943 bits per heavy atom. The molecule has 180 valence electrons. The van der Waals surface area contributed by atoms with Crippen molar-refractivity contribution in [3.63, 3.8) is 0 Å². The second-order valence-corrected chi connectivity index (χ2v) is 8.32. The first-order valence-electron chi connectivity index (χ1n) is 11.2. The van der Waals surface area contributed by atoms with Crippen LogP contribution in [-0.4, -0.2) is 35.4 Å². The molecule has 4 aromatic heterocycles. The van der Waals surface area contributed by atoms with Crippen LogP contribution in [0.2, 0.25) is 0 Å². The third-order valence-corrected chi connectivity index (χ3v) is 4.99. The monoisotopic (exact) mass is 477 g/mol. The van der Waals surface area contributed by atoms with Gasteiger partial charge in [0.2, 0.25) is 5.71 Å². The molecule has 0 atom stereocenters. The minimum atomic E-state index is -0.999. The number of hydrogen-bond acceptors (Lipinski definition) is 6. The fourth-order valence-electron chi connectivity index (χ4n) is 3.61. The van der Waals surface area contributed by atoms with Crippen molar-refractivity contribution in [1.29, 1.82) is 0 Å². The maximum Gasteiger partial charge on any atom is 0.230 e. The number of halogens is 2. The second kappa shape index (κ2) is 9.71. The Morgan fingerprint density at radius 2 is 1.66 bits per heavy atom. The molecule has 35 heavy (non-hydrogen) atoms. The number of aliphatic hydroxyl groups is 1. The van der Waals surface area contributed by atoms with Crippen LogP contribution in [0.4, 0.5) is 8.78 Å². The Kier molecular flexibility index (Phi) is 6.70. The third kappa shape index (κ3) is 5.25. The van der Waals surface area contributed by atoms with Crippen LogP contribution in [0.5, 0.6) is 0 Å². The number of hydrogen-bond donors (Lipinski definition) is 1. The topological polar surface area (TPSA) is 89.9 Å². The van der Waals surface area contributed by atoms with Crippen molar-refractivity contribution >= 4 is 11.1 Å². The molecule has 0 radical (unpaired) electrons. The van der Waals surface area contributed by atoms with Crippen LogP contribution in [0.1, 0.15) is 27.7 Å². The van der Waals surface area contributed by atoms with Crippen LogP contribution in [0, 0.1) is 11.6 Å². The van der Waals surface area contributed by atoms with E-state index in [1.165, 1.54) is 30.6 Å². The molecule has 0 aliphatic rings. The summed E-state index contributed by atoms with van der Waals surface area (Å²) < 4.78 is 34.3. The van der Waals surface area contributed by atoms with Crippen LogP contribution in [0.15, 0.2) is 65.6 Å². The van der Waals surface area contributed by atoms with Crippen molar-refractivity contribution in [2.45, 2.75) is 39.8 Å². The van der Waals surface area contributed by atoms with Gasteiger partial charge in [0.15, 0.2) is 5.76 Å². The van der Waals surface area contributed by atoms with Gasteiger partial charge in [-0.05, 0) is 56.3 Å². The van der Waals surface area contributed by atoms with E-state index in [0.717, 1.165) is 6.20 Å². The summed E-state index contributed by atoms with van der Waals surface area (Å²) in [6, 6.07) is 10.6. The summed E-state index contributed by atoms with van der Waals surface area (Å²) in [4.78, 5) is 12.8. The minimum Gasteiger partial charge on any atom is -0.436 e. The maximum atomic E-state index is 13.5.